The summed E-state index contributed by atoms with van der Waals surface area (Å²) >= 11 is 0. The van der Waals surface area contributed by atoms with E-state index in [2.05, 4.69) is 9.98 Å². The molecule has 0 saturated heterocycles. The van der Waals surface area contributed by atoms with Crippen molar-refractivity contribution in [1.82, 2.24) is 4.98 Å². The van der Waals surface area contributed by atoms with Crippen LogP contribution in [0, 0.1) is 0 Å². The van der Waals surface area contributed by atoms with Gasteiger partial charge in [0, 0.05) is 17.3 Å². The first kappa shape index (κ1) is 8.29. The van der Waals surface area contributed by atoms with Gasteiger partial charge < -0.3 is 0 Å². The Kier molecular flexibility index (Phi) is 1.65. The quantitative estimate of drug-likeness (QED) is 0.632. The number of dihydropyridines is 1. The SMILES string of the molecule is O=C1C=C2C=CCN=C2c2ncccc21. The highest BCUT2D eigenvalue weighted by atomic mass is 16.1. The Morgan fingerprint density at radius 2 is 2.27 bits per heavy atom. The molecule has 72 valence electrons. The number of ketones is 1. The zero-order valence-electron chi connectivity index (χ0n) is 7.97. The number of aliphatic imine (C=N–C) groups is 1. The summed E-state index contributed by atoms with van der Waals surface area (Å²) in [6.07, 6.45) is 7.18. The second kappa shape index (κ2) is 2.98. The predicted molar refractivity (Wildman–Crippen MR) is 57.2 cm³/mol. The van der Waals surface area contributed by atoms with Crippen molar-refractivity contribution in [2.75, 3.05) is 6.54 Å². The maximum Gasteiger partial charge on any atom is 0.188 e. The summed E-state index contributed by atoms with van der Waals surface area (Å²) in [4.78, 5) is 20.3. The van der Waals surface area contributed by atoms with Gasteiger partial charge in [0.2, 0.25) is 0 Å². The molecule has 0 atom stereocenters. The van der Waals surface area contributed by atoms with Gasteiger partial charge in [0.05, 0.1) is 18.0 Å². The number of aromatic nitrogens is 1. The van der Waals surface area contributed by atoms with Gasteiger partial charge in [0.15, 0.2) is 5.78 Å². The van der Waals surface area contributed by atoms with Crippen molar-refractivity contribution in [3.05, 3.63) is 53.4 Å². The van der Waals surface area contributed by atoms with Crippen molar-refractivity contribution >= 4 is 11.5 Å². The van der Waals surface area contributed by atoms with Crippen LogP contribution in [-0.4, -0.2) is 23.0 Å². The summed E-state index contributed by atoms with van der Waals surface area (Å²) in [5, 5.41) is 0. The lowest BCUT2D eigenvalue weighted by molar-refractivity contribution is 0.104. The molecule has 0 saturated carbocycles. The molecule has 3 heteroatoms. The third kappa shape index (κ3) is 1.16. The van der Waals surface area contributed by atoms with Crippen LogP contribution in [0.15, 0.2) is 47.1 Å². The maximum absolute atomic E-state index is 11.7. The molecule has 1 aromatic heterocycles. The largest absolute Gasteiger partial charge is 0.289 e. The van der Waals surface area contributed by atoms with Gasteiger partial charge in [-0.3, -0.25) is 14.8 Å². The number of nitrogens with zero attached hydrogens (tertiary/aromatic N) is 2. The summed E-state index contributed by atoms with van der Waals surface area (Å²) < 4.78 is 0. The zero-order valence-corrected chi connectivity index (χ0v) is 7.97. The standard InChI is InChI=1S/C12H8N2O/c15-10-7-8-3-1-5-13-11(8)12-9(10)4-2-6-14-12/h1-4,6-7H,5H2. The highest BCUT2D eigenvalue weighted by Gasteiger charge is 2.23. The molecule has 0 unspecified atom stereocenters. The second-order valence-corrected chi connectivity index (χ2v) is 3.46. The number of hydrogen-bond acceptors (Lipinski definition) is 3. The molecule has 3 rings (SSSR count). The van der Waals surface area contributed by atoms with Crippen molar-refractivity contribution in [2.24, 2.45) is 4.99 Å². The third-order valence-electron chi connectivity index (χ3n) is 2.51. The molecule has 0 bridgehead atoms. The van der Waals surface area contributed by atoms with Gasteiger partial charge in [-0.05, 0) is 18.2 Å². The molecule has 1 aliphatic heterocycles. The molecule has 1 aliphatic carbocycles. The normalized spacial score (nSPS) is 17.7. The van der Waals surface area contributed by atoms with Gasteiger partial charge in [-0.2, -0.15) is 0 Å². The van der Waals surface area contributed by atoms with Crippen LogP contribution >= 0.6 is 0 Å². The molecule has 1 aromatic rings. The fourth-order valence-electron chi connectivity index (χ4n) is 1.83. The molecule has 0 aromatic carbocycles. The Labute approximate surface area is 86.9 Å². The Balaban J connectivity index is 2.28. The monoisotopic (exact) mass is 196 g/mol. The topological polar surface area (TPSA) is 42.3 Å². The molecule has 15 heavy (non-hydrogen) atoms. The van der Waals surface area contributed by atoms with E-state index in [9.17, 15) is 4.79 Å². The number of fused-ring (bicyclic) bond motifs is 3. The van der Waals surface area contributed by atoms with Crippen LogP contribution in [0.3, 0.4) is 0 Å². The fourth-order valence-corrected chi connectivity index (χ4v) is 1.83. The van der Waals surface area contributed by atoms with Crippen LogP contribution in [0.5, 0.6) is 0 Å². The molecular weight excluding hydrogens is 188 g/mol. The van der Waals surface area contributed by atoms with E-state index in [-0.39, 0.29) is 5.78 Å². The second-order valence-electron chi connectivity index (χ2n) is 3.46. The highest BCUT2D eigenvalue weighted by molar-refractivity contribution is 6.26. The Hall–Kier alpha value is -2.03. The van der Waals surface area contributed by atoms with Crippen LogP contribution in [-0.2, 0) is 0 Å². The van der Waals surface area contributed by atoms with Crippen molar-refractivity contribution < 1.29 is 4.79 Å². The molecule has 2 aliphatic rings. The third-order valence-corrected chi connectivity index (χ3v) is 2.51. The van der Waals surface area contributed by atoms with Crippen LogP contribution in [0.4, 0.5) is 0 Å². The minimum atomic E-state index is 0.0126. The molecule has 0 radical (unpaired) electrons. The summed E-state index contributed by atoms with van der Waals surface area (Å²) in [6.45, 7) is 0.664. The Bertz CT molecular complexity index is 538. The van der Waals surface area contributed by atoms with E-state index >= 15 is 0 Å². The molecule has 0 amide bonds. The van der Waals surface area contributed by atoms with Gasteiger partial charge >= 0.3 is 0 Å². The van der Waals surface area contributed by atoms with E-state index in [1.807, 2.05) is 12.2 Å². The number of carbonyl (C=O) groups excluding carboxylic acids is 1. The average molecular weight is 196 g/mol. The van der Waals surface area contributed by atoms with Gasteiger partial charge in [-0.25, -0.2) is 0 Å². The number of carbonyl (C=O) groups is 1. The van der Waals surface area contributed by atoms with Crippen LogP contribution in [0.25, 0.3) is 0 Å². The van der Waals surface area contributed by atoms with Crippen LogP contribution in [0.1, 0.15) is 16.1 Å². The van der Waals surface area contributed by atoms with E-state index in [1.165, 1.54) is 0 Å². The van der Waals surface area contributed by atoms with Gasteiger partial charge in [0.1, 0.15) is 0 Å². The lowest BCUT2D eigenvalue weighted by Crippen LogP contribution is -2.20. The highest BCUT2D eigenvalue weighted by Crippen LogP contribution is 2.22. The van der Waals surface area contributed by atoms with Crippen molar-refractivity contribution in [2.45, 2.75) is 0 Å². The van der Waals surface area contributed by atoms with Gasteiger partial charge in [-0.15, -0.1) is 0 Å². The van der Waals surface area contributed by atoms with Gasteiger partial charge in [0.25, 0.3) is 0 Å². The first-order valence-corrected chi connectivity index (χ1v) is 4.79. The smallest absolute Gasteiger partial charge is 0.188 e. The van der Waals surface area contributed by atoms with Crippen LogP contribution < -0.4 is 0 Å². The van der Waals surface area contributed by atoms with Crippen LogP contribution in [0.2, 0.25) is 0 Å². The maximum atomic E-state index is 11.7. The minimum Gasteiger partial charge on any atom is -0.289 e. The first-order chi connectivity index (χ1) is 7.36. The number of allylic oxidation sites excluding steroid dienone is 3. The molecule has 0 spiro atoms. The van der Waals surface area contributed by atoms with Crippen molar-refractivity contribution in [1.29, 1.82) is 0 Å². The number of pyridine rings is 1. The lowest BCUT2D eigenvalue weighted by atomic mass is 9.91. The number of rotatable bonds is 0. The summed E-state index contributed by atoms with van der Waals surface area (Å²) in [6, 6.07) is 3.56. The molecule has 3 nitrogen and oxygen atoms in total. The molecule has 2 heterocycles. The number of hydrogen-bond donors (Lipinski definition) is 0. The predicted octanol–water partition coefficient (Wildman–Crippen LogP) is 1.56. The summed E-state index contributed by atoms with van der Waals surface area (Å²) in [5.74, 6) is 0.0126. The van der Waals surface area contributed by atoms with E-state index in [0.717, 1.165) is 11.3 Å². The van der Waals surface area contributed by atoms with E-state index in [4.69, 9.17) is 0 Å². The Morgan fingerprint density at radius 1 is 1.33 bits per heavy atom. The fraction of sp³-hybridized carbons (Fsp3) is 0.0833. The summed E-state index contributed by atoms with van der Waals surface area (Å²) in [7, 11) is 0. The van der Waals surface area contributed by atoms with E-state index < -0.39 is 0 Å². The molecule has 0 fully saturated rings. The van der Waals surface area contributed by atoms with E-state index in [0.29, 0.717) is 17.8 Å². The van der Waals surface area contributed by atoms with Gasteiger partial charge in [-0.1, -0.05) is 12.2 Å². The first-order valence-electron chi connectivity index (χ1n) is 4.79. The molecule has 0 N–H and O–H groups in total. The van der Waals surface area contributed by atoms with Crippen molar-refractivity contribution in [3.8, 4) is 0 Å². The lowest BCUT2D eigenvalue weighted by Gasteiger charge is -2.17. The molecular formula is C12H8N2O. The Morgan fingerprint density at radius 3 is 3.20 bits per heavy atom. The summed E-state index contributed by atoms with van der Waals surface area (Å²) in [5.41, 5.74) is 3.07. The van der Waals surface area contributed by atoms with E-state index in [1.54, 1.807) is 24.4 Å². The van der Waals surface area contributed by atoms with Crippen molar-refractivity contribution in [3.63, 3.8) is 0 Å². The minimum absolute atomic E-state index is 0.0126. The average Bonchev–Trinajstić information content (AvgIpc) is 2.30. The zero-order chi connectivity index (χ0) is 10.3.